The lowest BCUT2D eigenvalue weighted by Gasteiger charge is -2.40. The lowest BCUT2D eigenvalue weighted by atomic mass is 9.87. The Balaban J connectivity index is 1.36. The lowest BCUT2D eigenvalue weighted by molar-refractivity contribution is -0.134. The number of hydrogen-bond donors (Lipinski definition) is 1. The second-order valence-electron chi connectivity index (χ2n) is 10.9. The number of nitrogens with zero attached hydrogens (tertiary/aromatic N) is 5. The second-order valence-corrected chi connectivity index (χ2v) is 11.6. The molecule has 2 aromatic rings. The predicted octanol–water partition coefficient (Wildman–Crippen LogP) is 4.26. The van der Waals surface area contributed by atoms with E-state index in [4.69, 9.17) is 0 Å². The van der Waals surface area contributed by atoms with E-state index in [9.17, 15) is 9.90 Å². The van der Waals surface area contributed by atoms with Crippen LogP contribution in [0.3, 0.4) is 0 Å². The van der Waals surface area contributed by atoms with Crippen LogP contribution in [-0.4, -0.2) is 75.6 Å². The zero-order valence-corrected chi connectivity index (χ0v) is 23.8. The van der Waals surface area contributed by atoms with E-state index in [1.165, 1.54) is 5.56 Å². The number of carbonyl (C=O) groups excluding carboxylic acids is 1. The number of fused-ring (bicyclic) bond motifs is 1. The zero-order chi connectivity index (χ0) is 25.4. The van der Waals surface area contributed by atoms with Gasteiger partial charge in [-0.15, -0.1) is 0 Å². The molecular formula is C28H38IN5O2. The molecule has 36 heavy (non-hydrogen) atoms. The van der Waals surface area contributed by atoms with Crippen LogP contribution in [0.4, 0.5) is 5.82 Å². The van der Waals surface area contributed by atoms with Crippen molar-refractivity contribution in [2.75, 3.05) is 37.6 Å². The number of aliphatic hydroxyl groups is 1. The number of anilines is 1. The quantitative estimate of drug-likeness (QED) is 0.393. The summed E-state index contributed by atoms with van der Waals surface area (Å²) in [7, 11) is 0. The third-order valence-electron chi connectivity index (χ3n) is 8.32. The zero-order valence-electron chi connectivity index (χ0n) is 21.6. The molecular weight excluding hydrogens is 565 g/mol. The van der Waals surface area contributed by atoms with E-state index in [1.807, 2.05) is 0 Å². The number of halogens is 1. The maximum Gasteiger partial charge on any atom is 0.231 e. The fourth-order valence-electron chi connectivity index (χ4n) is 6.45. The van der Waals surface area contributed by atoms with Crippen molar-refractivity contribution >= 4 is 34.3 Å². The Bertz CT molecular complexity index is 1070. The van der Waals surface area contributed by atoms with Gasteiger partial charge in [0.2, 0.25) is 5.91 Å². The molecule has 1 aliphatic carbocycles. The van der Waals surface area contributed by atoms with Gasteiger partial charge in [0.05, 0.1) is 17.7 Å². The first-order valence-corrected chi connectivity index (χ1v) is 14.9. The molecule has 0 spiro atoms. The molecule has 0 bridgehead atoms. The van der Waals surface area contributed by atoms with Gasteiger partial charge in [-0.25, -0.2) is 9.97 Å². The molecule has 8 heteroatoms. The summed E-state index contributed by atoms with van der Waals surface area (Å²) in [6.45, 7) is 10.6. The van der Waals surface area contributed by atoms with Crippen LogP contribution in [0, 0.1) is 0 Å². The Morgan fingerprint density at radius 2 is 1.83 bits per heavy atom. The van der Waals surface area contributed by atoms with Crippen molar-refractivity contribution in [3.8, 4) is 0 Å². The van der Waals surface area contributed by atoms with Crippen LogP contribution in [0.1, 0.15) is 80.4 Å². The molecule has 3 heterocycles. The fraction of sp³-hybridized carbons (Fsp3) is 0.607. The summed E-state index contributed by atoms with van der Waals surface area (Å²) in [4.78, 5) is 30.0. The van der Waals surface area contributed by atoms with Crippen LogP contribution >= 0.6 is 22.6 Å². The first kappa shape index (κ1) is 25.9. The molecule has 194 valence electrons. The maximum absolute atomic E-state index is 14.2. The lowest BCUT2D eigenvalue weighted by Crippen LogP contribution is -2.53. The normalized spacial score (nSPS) is 25.4. The van der Waals surface area contributed by atoms with Gasteiger partial charge >= 0.3 is 0 Å². The SMILES string of the molecule is CC(C)N1CCC[C@H]1[C@@H](C(=O)N1CCN(c2ncnc3c2[C@H](C)C[C@H]3O)CC1)c1ccc(CI)cc1. The number of rotatable bonds is 6. The van der Waals surface area contributed by atoms with Gasteiger partial charge in [0.25, 0.3) is 0 Å². The molecule has 1 amide bonds. The monoisotopic (exact) mass is 603 g/mol. The highest BCUT2D eigenvalue weighted by Gasteiger charge is 2.41. The van der Waals surface area contributed by atoms with Crippen molar-refractivity contribution in [1.82, 2.24) is 19.8 Å². The van der Waals surface area contributed by atoms with Crippen molar-refractivity contribution in [3.63, 3.8) is 0 Å². The number of alkyl halides is 1. The third kappa shape index (κ3) is 4.88. The Morgan fingerprint density at radius 3 is 2.50 bits per heavy atom. The van der Waals surface area contributed by atoms with Gasteiger partial charge in [0.15, 0.2) is 0 Å². The predicted molar refractivity (Wildman–Crippen MR) is 151 cm³/mol. The van der Waals surface area contributed by atoms with Crippen LogP contribution in [0.5, 0.6) is 0 Å². The molecule has 7 nitrogen and oxygen atoms in total. The standard InChI is InChI=1S/C28H38IN5O2/c1-18(2)34-10-4-5-22(34)25(21-8-6-20(16-29)7-9-21)28(36)33-13-11-32(12-14-33)27-24-19(3)15-23(35)26(24)30-17-31-27/h6-9,17-19,22-23,25,35H,4-5,10-16H2,1-3H3/t19-,22+,23-,25+/m1/s1. The maximum atomic E-state index is 14.2. The number of piperazine rings is 1. The van der Waals surface area contributed by atoms with E-state index in [-0.39, 0.29) is 23.8 Å². The van der Waals surface area contributed by atoms with Gasteiger partial charge in [0.1, 0.15) is 12.1 Å². The number of aliphatic hydroxyl groups excluding tert-OH is 1. The number of amides is 1. The summed E-state index contributed by atoms with van der Waals surface area (Å²) >= 11 is 2.39. The highest BCUT2D eigenvalue weighted by Crippen LogP contribution is 2.43. The van der Waals surface area contributed by atoms with Gasteiger partial charge in [-0.3, -0.25) is 9.69 Å². The summed E-state index contributed by atoms with van der Waals surface area (Å²) in [5, 5.41) is 10.4. The largest absolute Gasteiger partial charge is 0.387 e. The van der Waals surface area contributed by atoms with Crippen LogP contribution in [-0.2, 0) is 9.22 Å². The Labute approximate surface area is 228 Å². The highest BCUT2D eigenvalue weighted by molar-refractivity contribution is 14.1. The van der Waals surface area contributed by atoms with E-state index in [0.29, 0.717) is 25.6 Å². The minimum Gasteiger partial charge on any atom is -0.387 e. The minimum atomic E-state index is -0.505. The summed E-state index contributed by atoms with van der Waals surface area (Å²) in [5.41, 5.74) is 4.29. The van der Waals surface area contributed by atoms with E-state index in [0.717, 1.165) is 59.5 Å². The van der Waals surface area contributed by atoms with Gasteiger partial charge < -0.3 is 14.9 Å². The van der Waals surface area contributed by atoms with Gasteiger partial charge in [-0.05, 0) is 56.7 Å². The molecule has 1 N–H and O–H groups in total. The smallest absolute Gasteiger partial charge is 0.231 e. The molecule has 5 rings (SSSR count). The molecule has 2 aliphatic heterocycles. The molecule has 0 unspecified atom stereocenters. The van der Waals surface area contributed by atoms with E-state index < -0.39 is 6.10 Å². The first-order valence-electron chi connectivity index (χ1n) is 13.4. The average molecular weight is 604 g/mol. The van der Waals surface area contributed by atoms with Crippen LogP contribution in [0.2, 0.25) is 0 Å². The fourth-order valence-corrected chi connectivity index (χ4v) is 6.96. The van der Waals surface area contributed by atoms with E-state index in [1.54, 1.807) is 6.33 Å². The molecule has 0 saturated carbocycles. The minimum absolute atomic E-state index is 0.136. The molecule has 4 atom stereocenters. The number of aromatic nitrogens is 2. The number of likely N-dealkylation sites (tertiary alicyclic amines) is 1. The van der Waals surface area contributed by atoms with Crippen molar-refractivity contribution in [1.29, 1.82) is 0 Å². The second kappa shape index (κ2) is 10.9. The Hall–Kier alpha value is -1.78. The molecule has 1 aromatic carbocycles. The number of hydrogen-bond acceptors (Lipinski definition) is 6. The third-order valence-corrected chi connectivity index (χ3v) is 9.20. The van der Waals surface area contributed by atoms with Crippen molar-refractivity contribution in [2.24, 2.45) is 0 Å². The number of benzene rings is 1. The van der Waals surface area contributed by atoms with Crippen LogP contribution < -0.4 is 4.90 Å². The van der Waals surface area contributed by atoms with Crippen molar-refractivity contribution in [3.05, 3.63) is 53.0 Å². The van der Waals surface area contributed by atoms with Gasteiger partial charge in [-0.2, -0.15) is 0 Å². The topological polar surface area (TPSA) is 72.8 Å². The summed E-state index contributed by atoms with van der Waals surface area (Å²) < 4.78 is 0.975. The average Bonchev–Trinajstić information content (AvgIpc) is 3.49. The molecule has 0 radical (unpaired) electrons. The van der Waals surface area contributed by atoms with Gasteiger partial charge in [-0.1, -0.05) is 53.8 Å². The summed E-state index contributed by atoms with van der Waals surface area (Å²) in [5.74, 6) is 1.29. The van der Waals surface area contributed by atoms with E-state index >= 15 is 0 Å². The van der Waals surface area contributed by atoms with Crippen LogP contribution in [0.15, 0.2) is 30.6 Å². The van der Waals surface area contributed by atoms with Crippen molar-refractivity contribution in [2.45, 2.75) is 74.5 Å². The molecule has 2 saturated heterocycles. The Morgan fingerprint density at radius 1 is 1.11 bits per heavy atom. The first-order chi connectivity index (χ1) is 17.4. The van der Waals surface area contributed by atoms with Gasteiger partial charge in [0, 0.05) is 48.3 Å². The summed E-state index contributed by atoms with van der Waals surface area (Å²) in [6.07, 6.45) is 3.98. The Kier molecular flexibility index (Phi) is 7.84. The molecule has 2 fully saturated rings. The molecule has 3 aliphatic rings. The van der Waals surface area contributed by atoms with Crippen molar-refractivity contribution < 1.29 is 9.90 Å². The van der Waals surface area contributed by atoms with E-state index in [2.05, 4.69) is 92.3 Å². The highest BCUT2D eigenvalue weighted by atomic mass is 127. The number of carbonyl (C=O) groups is 1. The molecule has 1 aromatic heterocycles. The van der Waals surface area contributed by atoms with Crippen LogP contribution in [0.25, 0.3) is 0 Å². The summed E-state index contributed by atoms with van der Waals surface area (Å²) in [6, 6.07) is 9.39.